The van der Waals surface area contributed by atoms with Gasteiger partial charge in [0.2, 0.25) is 0 Å². The maximum absolute atomic E-state index is 5.30. The predicted octanol–water partition coefficient (Wildman–Crippen LogP) is 6.23. The fourth-order valence-electron chi connectivity index (χ4n) is 5.09. The predicted molar refractivity (Wildman–Crippen MR) is 122 cm³/mol. The Kier molecular flexibility index (Phi) is 4.34. The van der Waals surface area contributed by atoms with Gasteiger partial charge in [0.25, 0.3) is 0 Å². The summed E-state index contributed by atoms with van der Waals surface area (Å²) in [7, 11) is 2.14. The topological polar surface area (TPSA) is 18.8 Å². The Hall–Kier alpha value is -2.81. The van der Waals surface area contributed by atoms with Crippen molar-refractivity contribution in [3.05, 3.63) is 89.1 Å². The van der Waals surface area contributed by atoms with Crippen molar-refractivity contribution in [2.45, 2.75) is 45.4 Å². The summed E-state index contributed by atoms with van der Waals surface area (Å²) in [5.41, 5.74) is 8.03. The van der Waals surface area contributed by atoms with Crippen molar-refractivity contribution in [3.8, 4) is 0 Å². The number of fused-ring (bicyclic) bond motifs is 1. The highest BCUT2D eigenvalue weighted by molar-refractivity contribution is 6.05. The van der Waals surface area contributed by atoms with Crippen LogP contribution in [-0.2, 0) is 0 Å². The zero-order valence-electron chi connectivity index (χ0n) is 17.5. The van der Waals surface area contributed by atoms with Gasteiger partial charge in [-0.05, 0) is 50.3 Å². The first-order chi connectivity index (χ1) is 14.1. The molecule has 0 saturated heterocycles. The van der Waals surface area contributed by atoms with Crippen LogP contribution in [0.5, 0.6) is 0 Å². The number of allylic oxidation sites excluding steroid dienone is 4. The van der Waals surface area contributed by atoms with E-state index in [9.17, 15) is 0 Å². The molecule has 2 aliphatic heterocycles. The van der Waals surface area contributed by atoms with Crippen molar-refractivity contribution in [1.82, 2.24) is 4.90 Å². The van der Waals surface area contributed by atoms with Crippen LogP contribution in [0.1, 0.15) is 44.1 Å². The molecule has 0 unspecified atom stereocenters. The summed E-state index contributed by atoms with van der Waals surface area (Å²) in [5, 5.41) is 0. The summed E-state index contributed by atoms with van der Waals surface area (Å²) in [6.07, 6.45) is 11.8. The largest absolute Gasteiger partial charge is 0.329 e. The van der Waals surface area contributed by atoms with E-state index >= 15 is 0 Å². The molecule has 0 N–H and O–H groups in total. The van der Waals surface area contributed by atoms with Crippen LogP contribution < -0.4 is 4.90 Å². The second-order valence-electron chi connectivity index (χ2n) is 8.59. The van der Waals surface area contributed by atoms with Crippen molar-refractivity contribution in [2.75, 3.05) is 11.9 Å². The maximum atomic E-state index is 5.30. The van der Waals surface area contributed by atoms with Gasteiger partial charge in [-0.15, -0.1) is 0 Å². The summed E-state index contributed by atoms with van der Waals surface area (Å²) in [6.45, 7) is 11.2. The third kappa shape index (κ3) is 2.83. The van der Waals surface area contributed by atoms with E-state index < -0.39 is 0 Å². The summed E-state index contributed by atoms with van der Waals surface area (Å²) in [5.74, 6) is 2.65. The minimum atomic E-state index is 0.487. The normalized spacial score (nSPS) is 22.3. The van der Waals surface area contributed by atoms with E-state index in [1.807, 2.05) is 0 Å². The molecule has 5 rings (SSSR count). The SMILES string of the molecule is C=C1C2=CCCC=C2N(C)C2=C1C(=C)N(c1ccc(C)cc1)C(C1CCCC1)=N2. The lowest BCUT2D eigenvalue weighted by Crippen LogP contribution is -2.42. The molecule has 29 heavy (non-hydrogen) atoms. The zero-order valence-corrected chi connectivity index (χ0v) is 17.5. The van der Waals surface area contributed by atoms with E-state index in [0.717, 1.165) is 47.0 Å². The van der Waals surface area contributed by atoms with E-state index in [1.54, 1.807) is 0 Å². The molecule has 0 spiro atoms. The minimum Gasteiger partial charge on any atom is -0.329 e. The average molecular weight is 384 g/mol. The molecule has 3 nitrogen and oxygen atoms in total. The zero-order chi connectivity index (χ0) is 20.1. The number of nitrogens with zero attached hydrogens (tertiary/aromatic N) is 3. The highest BCUT2D eigenvalue weighted by Crippen LogP contribution is 2.46. The van der Waals surface area contributed by atoms with E-state index in [-0.39, 0.29) is 0 Å². The van der Waals surface area contributed by atoms with Gasteiger partial charge < -0.3 is 4.90 Å². The average Bonchev–Trinajstić information content (AvgIpc) is 3.27. The van der Waals surface area contributed by atoms with Gasteiger partial charge in [-0.2, -0.15) is 0 Å². The van der Waals surface area contributed by atoms with Crippen molar-refractivity contribution < 1.29 is 0 Å². The van der Waals surface area contributed by atoms with E-state index in [1.165, 1.54) is 42.5 Å². The van der Waals surface area contributed by atoms with Crippen LogP contribution in [0, 0.1) is 12.8 Å². The Bertz CT molecular complexity index is 1010. The van der Waals surface area contributed by atoms with E-state index in [4.69, 9.17) is 4.99 Å². The molecule has 1 fully saturated rings. The quantitative estimate of drug-likeness (QED) is 0.602. The van der Waals surface area contributed by atoms with Gasteiger partial charge in [0.15, 0.2) is 0 Å². The smallest absolute Gasteiger partial charge is 0.144 e. The molecule has 1 saturated carbocycles. The van der Waals surface area contributed by atoms with Crippen LogP contribution >= 0.6 is 0 Å². The lowest BCUT2D eigenvalue weighted by molar-refractivity contribution is 0.496. The number of anilines is 1. The molecule has 0 aromatic heterocycles. The summed E-state index contributed by atoms with van der Waals surface area (Å²) >= 11 is 0. The Balaban J connectivity index is 1.68. The molecule has 0 amide bonds. The molecule has 0 bridgehead atoms. The molecule has 2 aliphatic carbocycles. The first-order valence-corrected chi connectivity index (χ1v) is 10.8. The molecule has 0 radical (unpaired) electrons. The van der Waals surface area contributed by atoms with E-state index in [2.05, 4.69) is 73.3 Å². The standard InChI is InChI=1S/C26H29N3/c1-17-13-15-21(16-14-17)29-19(3)24-18(2)22-11-7-8-12-23(22)28(4)26(24)27-25(29)20-9-5-6-10-20/h11-16,20H,2-3,5-10H2,1,4H3. The molecular weight excluding hydrogens is 354 g/mol. The highest BCUT2D eigenvalue weighted by Gasteiger charge is 2.39. The molecule has 2 heterocycles. The molecule has 1 aromatic rings. The van der Waals surface area contributed by atoms with Gasteiger partial charge in [-0.3, -0.25) is 4.90 Å². The third-order valence-corrected chi connectivity index (χ3v) is 6.68. The first kappa shape index (κ1) is 18.2. The Morgan fingerprint density at radius 2 is 1.69 bits per heavy atom. The Morgan fingerprint density at radius 3 is 2.41 bits per heavy atom. The van der Waals surface area contributed by atoms with E-state index in [0.29, 0.717) is 5.92 Å². The third-order valence-electron chi connectivity index (χ3n) is 6.68. The van der Waals surface area contributed by atoms with Gasteiger partial charge in [-0.1, -0.05) is 55.8 Å². The number of aryl methyl sites for hydroxylation is 1. The number of benzene rings is 1. The van der Waals surface area contributed by atoms with Crippen molar-refractivity contribution in [1.29, 1.82) is 0 Å². The lowest BCUT2D eigenvalue weighted by atomic mass is 9.85. The number of hydrogen-bond donors (Lipinski definition) is 0. The number of amidine groups is 1. The van der Waals surface area contributed by atoms with Gasteiger partial charge in [0, 0.05) is 35.5 Å². The molecule has 1 aromatic carbocycles. The second-order valence-corrected chi connectivity index (χ2v) is 8.59. The molecular formula is C26H29N3. The second kappa shape index (κ2) is 6.91. The minimum absolute atomic E-state index is 0.487. The number of rotatable bonds is 2. The molecule has 4 aliphatic rings. The maximum Gasteiger partial charge on any atom is 0.144 e. The van der Waals surface area contributed by atoms with Gasteiger partial charge in [0.1, 0.15) is 11.7 Å². The monoisotopic (exact) mass is 383 g/mol. The Labute approximate surface area is 174 Å². The van der Waals surface area contributed by atoms with Crippen molar-refractivity contribution in [2.24, 2.45) is 10.9 Å². The lowest BCUT2D eigenvalue weighted by Gasteiger charge is -2.43. The fraction of sp³-hybridized carbons (Fsp3) is 0.346. The first-order valence-electron chi connectivity index (χ1n) is 10.8. The number of hydrogen-bond acceptors (Lipinski definition) is 3. The van der Waals surface area contributed by atoms with Crippen molar-refractivity contribution in [3.63, 3.8) is 0 Å². The molecule has 0 atom stereocenters. The van der Waals surface area contributed by atoms with Crippen molar-refractivity contribution >= 4 is 11.5 Å². The number of aliphatic imine (C=N–C) groups is 1. The van der Waals surface area contributed by atoms with Crippen LogP contribution in [0.2, 0.25) is 0 Å². The highest BCUT2D eigenvalue weighted by atomic mass is 15.3. The van der Waals surface area contributed by atoms with Crippen LogP contribution in [0.3, 0.4) is 0 Å². The Morgan fingerprint density at radius 1 is 1.00 bits per heavy atom. The van der Waals surface area contributed by atoms with Gasteiger partial charge >= 0.3 is 0 Å². The van der Waals surface area contributed by atoms with Crippen LogP contribution in [0.4, 0.5) is 5.69 Å². The van der Waals surface area contributed by atoms with Crippen LogP contribution in [0.25, 0.3) is 0 Å². The van der Waals surface area contributed by atoms with Gasteiger partial charge in [-0.25, -0.2) is 4.99 Å². The number of likely N-dealkylation sites (N-methyl/N-ethyl adjacent to an activating group) is 1. The summed E-state index contributed by atoms with van der Waals surface area (Å²) < 4.78 is 0. The fourth-order valence-corrected chi connectivity index (χ4v) is 5.09. The van der Waals surface area contributed by atoms with Crippen LogP contribution in [-0.4, -0.2) is 17.8 Å². The van der Waals surface area contributed by atoms with Crippen LogP contribution in [0.15, 0.2) is 88.5 Å². The molecule has 3 heteroatoms. The molecule has 148 valence electrons. The summed E-state index contributed by atoms with van der Waals surface area (Å²) in [4.78, 5) is 9.85. The summed E-state index contributed by atoms with van der Waals surface area (Å²) in [6, 6.07) is 8.73. The van der Waals surface area contributed by atoms with Gasteiger partial charge in [0.05, 0.1) is 5.70 Å².